The van der Waals surface area contributed by atoms with Gasteiger partial charge in [0.05, 0.1) is 11.6 Å². The zero-order valence-electron chi connectivity index (χ0n) is 10.5. The number of carbonyl (C=O) groups excluding carboxylic acids is 2. The number of benzene rings is 1. The van der Waals surface area contributed by atoms with Gasteiger partial charge in [0.1, 0.15) is 5.75 Å². The lowest BCUT2D eigenvalue weighted by atomic mass is 9.99. The van der Waals surface area contributed by atoms with Crippen molar-refractivity contribution in [3.8, 4) is 5.75 Å². The molecule has 0 bridgehead atoms. The van der Waals surface area contributed by atoms with Crippen molar-refractivity contribution in [2.75, 3.05) is 25.0 Å². The largest absolute Gasteiger partial charge is 0.482 e. The number of carboxylic acid groups (broad SMARTS) is 1. The average Bonchev–Trinajstić information content (AvgIpc) is 2.35. The number of fused-ring (bicyclic) bond motifs is 1. The molecule has 3 rings (SSSR count). The highest BCUT2D eigenvalue weighted by Crippen LogP contribution is 2.29. The van der Waals surface area contributed by atoms with E-state index in [1.807, 2.05) is 0 Å². The number of carboxylic acids is 1. The SMILES string of the molecule is O=C1COc2cc(C(=O)N3CC(C(=O)O)C3)ccc2N1. The highest BCUT2D eigenvalue weighted by Gasteiger charge is 2.36. The van der Waals surface area contributed by atoms with Gasteiger partial charge in [0.25, 0.3) is 11.8 Å². The normalized spacial score (nSPS) is 17.6. The predicted octanol–water partition coefficient (Wildman–Crippen LogP) is 0.174. The summed E-state index contributed by atoms with van der Waals surface area (Å²) in [4.78, 5) is 35.5. The Kier molecular flexibility index (Phi) is 2.81. The zero-order chi connectivity index (χ0) is 14.3. The van der Waals surface area contributed by atoms with Gasteiger partial charge in [-0.25, -0.2) is 0 Å². The van der Waals surface area contributed by atoms with Gasteiger partial charge in [-0.2, -0.15) is 0 Å². The second kappa shape index (κ2) is 4.52. The Morgan fingerprint density at radius 3 is 2.80 bits per heavy atom. The first-order valence-electron chi connectivity index (χ1n) is 6.13. The van der Waals surface area contributed by atoms with Crippen LogP contribution >= 0.6 is 0 Å². The van der Waals surface area contributed by atoms with E-state index in [1.165, 1.54) is 4.90 Å². The van der Waals surface area contributed by atoms with Crippen LogP contribution in [0.3, 0.4) is 0 Å². The summed E-state index contributed by atoms with van der Waals surface area (Å²) < 4.78 is 5.24. The summed E-state index contributed by atoms with van der Waals surface area (Å²) in [5, 5.41) is 11.4. The molecule has 1 aromatic rings. The molecule has 0 aliphatic carbocycles. The molecule has 2 amide bonds. The fourth-order valence-corrected chi connectivity index (χ4v) is 2.19. The van der Waals surface area contributed by atoms with Crippen LogP contribution in [0.25, 0.3) is 0 Å². The number of anilines is 1. The Morgan fingerprint density at radius 1 is 1.35 bits per heavy atom. The third-order valence-corrected chi connectivity index (χ3v) is 3.38. The summed E-state index contributed by atoms with van der Waals surface area (Å²) in [7, 11) is 0. The van der Waals surface area contributed by atoms with Crippen molar-refractivity contribution in [3.63, 3.8) is 0 Å². The van der Waals surface area contributed by atoms with Gasteiger partial charge < -0.3 is 20.1 Å². The van der Waals surface area contributed by atoms with Gasteiger partial charge in [0.2, 0.25) is 0 Å². The number of amides is 2. The maximum Gasteiger partial charge on any atom is 0.310 e. The molecule has 7 nitrogen and oxygen atoms in total. The Morgan fingerprint density at radius 2 is 2.10 bits per heavy atom. The molecule has 0 unspecified atom stereocenters. The van der Waals surface area contributed by atoms with E-state index in [0.717, 1.165) is 0 Å². The van der Waals surface area contributed by atoms with E-state index < -0.39 is 11.9 Å². The van der Waals surface area contributed by atoms with E-state index >= 15 is 0 Å². The summed E-state index contributed by atoms with van der Waals surface area (Å²) in [6, 6.07) is 4.75. The quantitative estimate of drug-likeness (QED) is 0.803. The monoisotopic (exact) mass is 276 g/mol. The summed E-state index contributed by atoms with van der Waals surface area (Å²) in [6.07, 6.45) is 0. The fourth-order valence-electron chi connectivity index (χ4n) is 2.19. The van der Waals surface area contributed by atoms with E-state index in [4.69, 9.17) is 9.84 Å². The minimum atomic E-state index is -0.884. The maximum atomic E-state index is 12.1. The Bertz CT molecular complexity index is 607. The smallest absolute Gasteiger partial charge is 0.310 e. The second-order valence-corrected chi connectivity index (χ2v) is 4.79. The minimum Gasteiger partial charge on any atom is -0.482 e. The number of aliphatic carboxylic acids is 1. The van der Waals surface area contributed by atoms with Gasteiger partial charge in [-0.1, -0.05) is 0 Å². The Labute approximate surface area is 114 Å². The topological polar surface area (TPSA) is 95.9 Å². The van der Waals surface area contributed by atoms with E-state index in [1.54, 1.807) is 18.2 Å². The molecule has 2 aliphatic rings. The molecular weight excluding hydrogens is 264 g/mol. The Hall–Kier alpha value is -2.57. The summed E-state index contributed by atoms with van der Waals surface area (Å²) in [6.45, 7) is 0.376. The van der Waals surface area contributed by atoms with Crippen molar-refractivity contribution in [1.82, 2.24) is 4.90 Å². The van der Waals surface area contributed by atoms with Crippen LogP contribution in [-0.4, -0.2) is 47.5 Å². The number of ether oxygens (including phenoxy) is 1. The lowest BCUT2D eigenvalue weighted by Crippen LogP contribution is -2.53. The highest BCUT2D eigenvalue weighted by atomic mass is 16.5. The van der Waals surface area contributed by atoms with Crippen LogP contribution in [0.15, 0.2) is 18.2 Å². The van der Waals surface area contributed by atoms with Crippen LogP contribution in [0.1, 0.15) is 10.4 Å². The number of rotatable bonds is 2. The molecule has 0 radical (unpaired) electrons. The predicted molar refractivity (Wildman–Crippen MR) is 67.6 cm³/mol. The molecule has 0 spiro atoms. The molecule has 1 saturated heterocycles. The Balaban J connectivity index is 1.74. The van der Waals surface area contributed by atoms with Gasteiger partial charge in [-0.05, 0) is 18.2 Å². The van der Waals surface area contributed by atoms with Gasteiger partial charge in [-0.15, -0.1) is 0 Å². The summed E-state index contributed by atoms with van der Waals surface area (Å²) in [5.41, 5.74) is 0.952. The van der Waals surface area contributed by atoms with Gasteiger partial charge >= 0.3 is 5.97 Å². The van der Waals surface area contributed by atoms with Gasteiger partial charge in [0.15, 0.2) is 6.61 Å². The fraction of sp³-hybridized carbons (Fsp3) is 0.308. The molecule has 20 heavy (non-hydrogen) atoms. The lowest BCUT2D eigenvalue weighted by molar-refractivity contribution is -0.146. The number of nitrogens with one attached hydrogen (secondary N) is 1. The number of hydrogen-bond donors (Lipinski definition) is 2. The van der Waals surface area contributed by atoms with Crippen molar-refractivity contribution in [2.24, 2.45) is 5.92 Å². The molecule has 104 valence electrons. The molecular formula is C13H12N2O5. The molecule has 1 aromatic carbocycles. The van der Waals surface area contributed by atoms with Crippen LogP contribution in [0.2, 0.25) is 0 Å². The van der Waals surface area contributed by atoms with Gasteiger partial charge in [-0.3, -0.25) is 14.4 Å². The minimum absolute atomic E-state index is 0.0740. The molecule has 0 aromatic heterocycles. The zero-order valence-corrected chi connectivity index (χ0v) is 10.5. The van der Waals surface area contributed by atoms with Crippen LogP contribution < -0.4 is 10.1 Å². The third kappa shape index (κ3) is 2.07. The maximum absolute atomic E-state index is 12.1. The first-order valence-corrected chi connectivity index (χ1v) is 6.13. The number of carbonyl (C=O) groups is 3. The van der Waals surface area contributed by atoms with Crippen LogP contribution in [0.5, 0.6) is 5.75 Å². The van der Waals surface area contributed by atoms with Crippen molar-refractivity contribution in [1.29, 1.82) is 0 Å². The molecule has 2 aliphatic heterocycles. The molecule has 7 heteroatoms. The van der Waals surface area contributed by atoms with Crippen molar-refractivity contribution >= 4 is 23.5 Å². The second-order valence-electron chi connectivity index (χ2n) is 4.79. The molecule has 0 saturated carbocycles. The van der Waals surface area contributed by atoms with E-state index in [9.17, 15) is 14.4 Å². The van der Waals surface area contributed by atoms with Crippen molar-refractivity contribution in [3.05, 3.63) is 23.8 Å². The average molecular weight is 276 g/mol. The molecule has 1 fully saturated rings. The summed E-state index contributed by atoms with van der Waals surface area (Å²) in [5.74, 6) is -1.38. The standard InChI is InChI=1S/C13H12N2O5/c16-11-6-20-10-3-7(1-2-9(10)14-11)12(17)15-4-8(5-15)13(18)19/h1-3,8H,4-6H2,(H,14,16)(H,18,19). The van der Waals surface area contributed by atoms with E-state index in [2.05, 4.69) is 5.32 Å². The van der Waals surface area contributed by atoms with Crippen LogP contribution in [0, 0.1) is 5.92 Å². The number of nitrogens with zero attached hydrogens (tertiary/aromatic N) is 1. The van der Waals surface area contributed by atoms with Crippen LogP contribution in [-0.2, 0) is 9.59 Å². The number of likely N-dealkylation sites (tertiary alicyclic amines) is 1. The molecule has 0 atom stereocenters. The van der Waals surface area contributed by atoms with Gasteiger partial charge in [0, 0.05) is 18.7 Å². The molecule has 2 heterocycles. The first-order chi connectivity index (χ1) is 9.54. The molecule has 2 N–H and O–H groups in total. The van der Waals surface area contributed by atoms with Crippen molar-refractivity contribution < 1.29 is 24.2 Å². The number of hydrogen-bond acceptors (Lipinski definition) is 4. The van der Waals surface area contributed by atoms with E-state index in [0.29, 0.717) is 17.0 Å². The lowest BCUT2D eigenvalue weighted by Gasteiger charge is -2.36. The van der Waals surface area contributed by atoms with E-state index in [-0.39, 0.29) is 31.5 Å². The first kappa shape index (κ1) is 12.5. The third-order valence-electron chi connectivity index (χ3n) is 3.38. The highest BCUT2D eigenvalue weighted by molar-refractivity contribution is 5.99. The van der Waals surface area contributed by atoms with Crippen molar-refractivity contribution in [2.45, 2.75) is 0 Å². The summed E-state index contributed by atoms with van der Waals surface area (Å²) >= 11 is 0. The van der Waals surface area contributed by atoms with Crippen LogP contribution in [0.4, 0.5) is 5.69 Å².